The number of carbonyl (C=O) groups is 1. The maximum atomic E-state index is 12.5. The highest BCUT2D eigenvalue weighted by molar-refractivity contribution is 5.95. The molecule has 2 rings (SSSR count). The zero-order valence-electron chi connectivity index (χ0n) is 13.3. The molecule has 0 saturated carbocycles. The van der Waals surface area contributed by atoms with Gasteiger partial charge in [0.15, 0.2) is 0 Å². The van der Waals surface area contributed by atoms with Crippen molar-refractivity contribution < 1.29 is 4.79 Å². The van der Waals surface area contributed by atoms with Crippen molar-refractivity contribution in [2.75, 3.05) is 36.8 Å². The van der Waals surface area contributed by atoms with Gasteiger partial charge in [0.25, 0.3) is 0 Å². The SMILES string of the molecule is C#CCN1CCC(C(=O)Nc2ccccc2NCCC)CC1. The Hall–Kier alpha value is -1.99. The number of hydrogen-bond donors (Lipinski definition) is 2. The fraction of sp³-hybridized carbons (Fsp3) is 0.500. The van der Waals surface area contributed by atoms with Crippen molar-refractivity contribution >= 4 is 17.3 Å². The van der Waals surface area contributed by atoms with Gasteiger partial charge in [-0.1, -0.05) is 25.0 Å². The molecule has 0 aromatic heterocycles. The molecular weight excluding hydrogens is 274 g/mol. The fourth-order valence-electron chi connectivity index (χ4n) is 2.72. The van der Waals surface area contributed by atoms with E-state index in [1.165, 1.54) is 0 Å². The van der Waals surface area contributed by atoms with E-state index in [2.05, 4.69) is 28.4 Å². The molecule has 0 bridgehead atoms. The summed E-state index contributed by atoms with van der Waals surface area (Å²) in [5, 5.41) is 6.43. The van der Waals surface area contributed by atoms with E-state index in [4.69, 9.17) is 6.42 Å². The second kappa shape index (κ2) is 8.45. The molecule has 0 radical (unpaired) electrons. The van der Waals surface area contributed by atoms with E-state index in [1.54, 1.807) is 0 Å². The van der Waals surface area contributed by atoms with Crippen molar-refractivity contribution in [1.29, 1.82) is 0 Å². The van der Waals surface area contributed by atoms with Gasteiger partial charge in [-0.3, -0.25) is 9.69 Å². The molecule has 1 aromatic rings. The Labute approximate surface area is 133 Å². The molecule has 4 nitrogen and oxygen atoms in total. The van der Waals surface area contributed by atoms with Gasteiger partial charge >= 0.3 is 0 Å². The number of anilines is 2. The summed E-state index contributed by atoms with van der Waals surface area (Å²) in [6.07, 6.45) is 8.13. The number of nitrogens with zero attached hydrogens (tertiary/aromatic N) is 1. The highest BCUT2D eigenvalue weighted by Crippen LogP contribution is 2.24. The van der Waals surface area contributed by atoms with Gasteiger partial charge in [0.1, 0.15) is 0 Å². The van der Waals surface area contributed by atoms with Crippen LogP contribution in [0.25, 0.3) is 0 Å². The van der Waals surface area contributed by atoms with Crippen molar-refractivity contribution in [3.8, 4) is 12.3 Å². The van der Waals surface area contributed by atoms with Gasteiger partial charge in [-0.25, -0.2) is 0 Å². The van der Waals surface area contributed by atoms with Crippen LogP contribution in [-0.4, -0.2) is 37.0 Å². The highest BCUT2D eigenvalue weighted by atomic mass is 16.1. The summed E-state index contributed by atoms with van der Waals surface area (Å²) in [6.45, 7) is 5.50. The van der Waals surface area contributed by atoms with Crippen LogP contribution in [0.3, 0.4) is 0 Å². The highest BCUT2D eigenvalue weighted by Gasteiger charge is 2.24. The first kappa shape index (κ1) is 16.4. The van der Waals surface area contributed by atoms with Gasteiger partial charge in [-0.15, -0.1) is 6.42 Å². The number of benzene rings is 1. The first-order valence-electron chi connectivity index (χ1n) is 8.04. The number of carbonyl (C=O) groups excluding carboxylic acids is 1. The minimum absolute atomic E-state index is 0.0771. The lowest BCUT2D eigenvalue weighted by molar-refractivity contribution is -0.121. The number of hydrogen-bond acceptors (Lipinski definition) is 3. The summed E-state index contributed by atoms with van der Waals surface area (Å²) < 4.78 is 0. The summed E-state index contributed by atoms with van der Waals surface area (Å²) in [6, 6.07) is 7.87. The van der Waals surface area contributed by atoms with Crippen LogP contribution in [0.1, 0.15) is 26.2 Å². The van der Waals surface area contributed by atoms with E-state index in [0.29, 0.717) is 6.54 Å². The Morgan fingerprint density at radius 2 is 2.00 bits per heavy atom. The maximum absolute atomic E-state index is 12.5. The molecule has 0 unspecified atom stereocenters. The summed E-state index contributed by atoms with van der Waals surface area (Å²) in [5.74, 6) is 2.86. The van der Waals surface area contributed by atoms with Gasteiger partial charge < -0.3 is 10.6 Å². The topological polar surface area (TPSA) is 44.4 Å². The molecule has 1 aromatic carbocycles. The molecule has 0 spiro atoms. The van der Waals surface area contributed by atoms with Crippen molar-refractivity contribution in [3.63, 3.8) is 0 Å². The van der Waals surface area contributed by atoms with E-state index in [9.17, 15) is 4.79 Å². The second-order valence-electron chi connectivity index (χ2n) is 5.72. The van der Waals surface area contributed by atoms with Crippen LogP contribution in [0.4, 0.5) is 11.4 Å². The molecule has 1 heterocycles. The van der Waals surface area contributed by atoms with Crippen LogP contribution in [0.2, 0.25) is 0 Å². The molecule has 1 saturated heterocycles. The molecule has 22 heavy (non-hydrogen) atoms. The zero-order valence-corrected chi connectivity index (χ0v) is 13.3. The van der Waals surface area contributed by atoms with Gasteiger partial charge in [0.2, 0.25) is 5.91 Å². The molecular formula is C18H25N3O. The van der Waals surface area contributed by atoms with Crippen molar-refractivity contribution in [2.45, 2.75) is 26.2 Å². The van der Waals surface area contributed by atoms with Crippen LogP contribution in [0.15, 0.2) is 24.3 Å². The van der Waals surface area contributed by atoms with Gasteiger partial charge in [0, 0.05) is 12.5 Å². The number of nitrogens with one attached hydrogen (secondary N) is 2. The Bertz CT molecular complexity index is 527. The average Bonchev–Trinajstić information content (AvgIpc) is 2.55. The van der Waals surface area contributed by atoms with E-state index < -0.39 is 0 Å². The lowest BCUT2D eigenvalue weighted by Crippen LogP contribution is -2.38. The molecule has 1 fully saturated rings. The number of terminal acetylenes is 1. The molecule has 4 heteroatoms. The van der Waals surface area contributed by atoms with E-state index in [-0.39, 0.29) is 11.8 Å². The zero-order chi connectivity index (χ0) is 15.8. The molecule has 0 atom stereocenters. The predicted octanol–water partition coefficient (Wildman–Crippen LogP) is 2.79. The molecule has 118 valence electrons. The lowest BCUT2D eigenvalue weighted by Gasteiger charge is -2.30. The van der Waals surface area contributed by atoms with E-state index in [1.807, 2.05) is 24.3 Å². The van der Waals surface area contributed by atoms with Gasteiger partial charge in [-0.2, -0.15) is 0 Å². The lowest BCUT2D eigenvalue weighted by atomic mass is 9.96. The first-order chi connectivity index (χ1) is 10.7. The van der Waals surface area contributed by atoms with Gasteiger partial charge in [-0.05, 0) is 44.5 Å². The number of para-hydroxylation sites is 2. The Morgan fingerprint density at radius 3 is 2.64 bits per heavy atom. The van der Waals surface area contributed by atoms with E-state index in [0.717, 1.165) is 50.3 Å². The third kappa shape index (κ3) is 4.51. The standard InChI is InChI=1S/C18H25N3O/c1-3-11-19-16-7-5-6-8-17(16)20-18(22)15-9-13-21(12-4-2)14-10-15/h2,5-8,15,19H,3,9-14H2,1H3,(H,20,22). The number of likely N-dealkylation sites (tertiary alicyclic amines) is 1. The van der Waals surface area contributed by atoms with Crippen molar-refractivity contribution in [1.82, 2.24) is 4.90 Å². The minimum atomic E-state index is 0.0771. The molecule has 1 aliphatic rings. The summed E-state index contributed by atoms with van der Waals surface area (Å²) in [5.41, 5.74) is 1.86. The van der Waals surface area contributed by atoms with Crippen LogP contribution < -0.4 is 10.6 Å². The van der Waals surface area contributed by atoms with Gasteiger partial charge in [0.05, 0.1) is 17.9 Å². The Balaban J connectivity index is 1.91. The predicted molar refractivity (Wildman–Crippen MR) is 91.8 cm³/mol. The molecule has 1 amide bonds. The fourth-order valence-corrected chi connectivity index (χ4v) is 2.72. The largest absolute Gasteiger partial charge is 0.383 e. The number of amides is 1. The smallest absolute Gasteiger partial charge is 0.227 e. The maximum Gasteiger partial charge on any atom is 0.227 e. The van der Waals surface area contributed by atoms with Crippen LogP contribution >= 0.6 is 0 Å². The summed E-state index contributed by atoms with van der Waals surface area (Å²) >= 11 is 0. The number of piperidine rings is 1. The quantitative estimate of drug-likeness (QED) is 0.794. The normalized spacial score (nSPS) is 16.0. The molecule has 1 aliphatic heterocycles. The van der Waals surface area contributed by atoms with Crippen LogP contribution in [0, 0.1) is 18.3 Å². The van der Waals surface area contributed by atoms with Crippen LogP contribution in [-0.2, 0) is 4.79 Å². The molecule has 0 aliphatic carbocycles. The Kier molecular flexibility index (Phi) is 6.29. The summed E-state index contributed by atoms with van der Waals surface area (Å²) in [7, 11) is 0. The average molecular weight is 299 g/mol. The third-order valence-electron chi connectivity index (χ3n) is 4.02. The number of rotatable bonds is 6. The third-order valence-corrected chi connectivity index (χ3v) is 4.02. The van der Waals surface area contributed by atoms with Crippen molar-refractivity contribution in [3.05, 3.63) is 24.3 Å². The monoisotopic (exact) mass is 299 g/mol. The Morgan fingerprint density at radius 1 is 1.32 bits per heavy atom. The summed E-state index contributed by atoms with van der Waals surface area (Å²) in [4.78, 5) is 14.7. The van der Waals surface area contributed by atoms with E-state index >= 15 is 0 Å². The second-order valence-corrected chi connectivity index (χ2v) is 5.72. The minimum Gasteiger partial charge on any atom is -0.383 e. The molecule has 2 N–H and O–H groups in total. The van der Waals surface area contributed by atoms with Crippen LogP contribution in [0.5, 0.6) is 0 Å². The van der Waals surface area contributed by atoms with Crippen molar-refractivity contribution in [2.24, 2.45) is 5.92 Å². The first-order valence-corrected chi connectivity index (χ1v) is 8.04.